The number of nitrogens with zero attached hydrogens (tertiary/aromatic N) is 4. The molecule has 0 unspecified atom stereocenters. The summed E-state index contributed by atoms with van der Waals surface area (Å²) in [4.78, 5) is 12.5. The van der Waals surface area contributed by atoms with E-state index in [1.807, 2.05) is 0 Å². The molecule has 0 bridgehead atoms. The van der Waals surface area contributed by atoms with Crippen molar-refractivity contribution in [3.63, 3.8) is 0 Å². The van der Waals surface area contributed by atoms with Crippen molar-refractivity contribution in [1.29, 1.82) is 0 Å². The molecule has 4 rings (SSSR count). The largest absolute Gasteiger partial charge is 0.277 e. The van der Waals surface area contributed by atoms with Gasteiger partial charge in [0.25, 0.3) is 5.56 Å². The summed E-state index contributed by atoms with van der Waals surface area (Å²) in [6.07, 6.45) is 3.01. The first-order valence-electron chi connectivity index (χ1n) is 8.34. The van der Waals surface area contributed by atoms with Crippen molar-refractivity contribution in [3.05, 3.63) is 82.8 Å². The highest BCUT2D eigenvalue weighted by atomic mass is 32.2. The molecule has 0 aliphatic heterocycles. The zero-order chi connectivity index (χ0) is 19.9. The predicted molar refractivity (Wildman–Crippen MR) is 100 cm³/mol. The molecule has 0 aliphatic rings. The van der Waals surface area contributed by atoms with Gasteiger partial charge in [0.15, 0.2) is 0 Å². The van der Waals surface area contributed by atoms with E-state index >= 15 is 0 Å². The SMILES string of the molecule is Cn1ccc(Cn2ncc3cc(S(=O)(=O)c4ccccc4)cc(F)c3c2=O)n1. The van der Waals surface area contributed by atoms with Crippen LogP contribution in [-0.2, 0) is 23.4 Å². The minimum atomic E-state index is -3.91. The van der Waals surface area contributed by atoms with E-state index < -0.39 is 21.2 Å². The molecule has 7 nitrogen and oxygen atoms in total. The Kier molecular flexibility index (Phi) is 4.31. The Morgan fingerprint density at radius 1 is 1.07 bits per heavy atom. The molecule has 0 saturated heterocycles. The fraction of sp³-hybridized carbons (Fsp3) is 0.105. The third-order valence-electron chi connectivity index (χ3n) is 4.32. The van der Waals surface area contributed by atoms with E-state index in [0.717, 1.165) is 10.7 Å². The molecule has 0 atom stereocenters. The highest BCUT2D eigenvalue weighted by molar-refractivity contribution is 7.91. The monoisotopic (exact) mass is 398 g/mol. The summed E-state index contributed by atoms with van der Waals surface area (Å²) in [5.41, 5.74) is -0.0514. The number of halogens is 1. The molecule has 142 valence electrons. The molecule has 2 aromatic carbocycles. The van der Waals surface area contributed by atoms with Gasteiger partial charge in [-0.3, -0.25) is 9.48 Å². The Labute approximate surface area is 159 Å². The van der Waals surface area contributed by atoms with Crippen LogP contribution < -0.4 is 5.56 Å². The van der Waals surface area contributed by atoms with Gasteiger partial charge in [0.2, 0.25) is 9.84 Å². The maximum absolute atomic E-state index is 14.8. The van der Waals surface area contributed by atoms with E-state index in [1.165, 1.54) is 24.4 Å². The van der Waals surface area contributed by atoms with Gasteiger partial charge < -0.3 is 0 Å². The molecule has 4 aromatic rings. The smallest absolute Gasteiger partial charge is 0.275 e. The number of rotatable bonds is 4. The van der Waals surface area contributed by atoms with Gasteiger partial charge in [0, 0.05) is 18.6 Å². The second-order valence-electron chi connectivity index (χ2n) is 6.27. The van der Waals surface area contributed by atoms with Crippen molar-refractivity contribution < 1.29 is 12.8 Å². The molecule has 0 saturated carbocycles. The molecule has 0 aliphatic carbocycles. The summed E-state index contributed by atoms with van der Waals surface area (Å²) in [5.74, 6) is -0.908. The summed E-state index contributed by atoms with van der Waals surface area (Å²) in [5, 5.41) is 8.13. The van der Waals surface area contributed by atoms with Crippen LogP contribution in [0.15, 0.2) is 75.5 Å². The summed E-state index contributed by atoms with van der Waals surface area (Å²) < 4.78 is 42.9. The Balaban J connectivity index is 1.83. The van der Waals surface area contributed by atoms with Crippen molar-refractivity contribution in [3.8, 4) is 0 Å². The van der Waals surface area contributed by atoms with E-state index in [4.69, 9.17) is 0 Å². The first-order valence-corrected chi connectivity index (χ1v) is 9.82. The van der Waals surface area contributed by atoms with Crippen LogP contribution >= 0.6 is 0 Å². The standard InChI is InChI=1S/C19H15FN4O3S/c1-23-8-7-14(22-23)12-24-19(25)18-13(11-21-24)9-16(10-17(18)20)28(26,27)15-5-3-2-4-6-15/h2-11H,12H2,1H3. The molecule has 0 N–H and O–H groups in total. The Hall–Kier alpha value is -3.33. The third kappa shape index (κ3) is 3.09. The van der Waals surface area contributed by atoms with Gasteiger partial charge in [-0.05, 0) is 30.3 Å². The zero-order valence-electron chi connectivity index (χ0n) is 14.8. The van der Waals surface area contributed by atoms with Gasteiger partial charge in [-0.2, -0.15) is 10.2 Å². The molecule has 2 aromatic heterocycles. The summed E-state index contributed by atoms with van der Waals surface area (Å²) in [6, 6.07) is 11.6. The topological polar surface area (TPSA) is 86.9 Å². The lowest BCUT2D eigenvalue weighted by Crippen LogP contribution is -2.24. The molecule has 0 radical (unpaired) electrons. The van der Waals surface area contributed by atoms with Crippen molar-refractivity contribution in [2.45, 2.75) is 16.3 Å². The molecule has 2 heterocycles. The van der Waals surface area contributed by atoms with Crippen molar-refractivity contribution >= 4 is 20.6 Å². The minimum Gasteiger partial charge on any atom is -0.275 e. The van der Waals surface area contributed by atoms with E-state index in [1.54, 1.807) is 42.2 Å². The number of hydrogen-bond donors (Lipinski definition) is 0. The fourth-order valence-corrected chi connectivity index (χ4v) is 4.28. The number of hydrogen-bond acceptors (Lipinski definition) is 5. The van der Waals surface area contributed by atoms with E-state index in [-0.39, 0.29) is 27.1 Å². The van der Waals surface area contributed by atoms with Crippen molar-refractivity contribution in [1.82, 2.24) is 19.6 Å². The molecule has 0 amide bonds. The molecule has 28 heavy (non-hydrogen) atoms. The first kappa shape index (κ1) is 18.1. The number of benzene rings is 2. The second kappa shape index (κ2) is 6.68. The Morgan fingerprint density at radius 3 is 2.50 bits per heavy atom. The molecule has 9 heteroatoms. The van der Waals surface area contributed by atoms with Crippen molar-refractivity contribution in [2.75, 3.05) is 0 Å². The molecular weight excluding hydrogens is 383 g/mol. The van der Waals surface area contributed by atoms with E-state index in [2.05, 4.69) is 10.2 Å². The third-order valence-corrected chi connectivity index (χ3v) is 6.07. The van der Waals surface area contributed by atoms with E-state index in [0.29, 0.717) is 5.69 Å². The molecule has 0 spiro atoms. The average Bonchev–Trinajstić information content (AvgIpc) is 3.09. The zero-order valence-corrected chi connectivity index (χ0v) is 15.6. The highest BCUT2D eigenvalue weighted by Crippen LogP contribution is 2.25. The van der Waals surface area contributed by atoms with Crippen molar-refractivity contribution in [2.24, 2.45) is 7.05 Å². The van der Waals surface area contributed by atoms with Gasteiger partial charge in [-0.15, -0.1) is 0 Å². The number of aromatic nitrogens is 4. The fourth-order valence-electron chi connectivity index (χ4n) is 2.95. The van der Waals surface area contributed by atoms with Gasteiger partial charge >= 0.3 is 0 Å². The van der Waals surface area contributed by atoms with Gasteiger partial charge in [-0.1, -0.05) is 18.2 Å². The Bertz CT molecular complexity index is 1340. The second-order valence-corrected chi connectivity index (χ2v) is 8.22. The highest BCUT2D eigenvalue weighted by Gasteiger charge is 2.21. The number of fused-ring (bicyclic) bond motifs is 1. The predicted octanol–water partition coefficient (Wildman–Crippen LogP) is 2.15. The Morgan fingerprint density at radius 2 is 1.82 bits per heavy atom. The summed E-state index contributed by atoms with van der Waals surface area (Å²) in [6.45, 7) is 0.0825. The normalized spacial score (nSPS) is 11.8. The molecular formula is C19H15FN4O3S. The van der Waals surface area contributed by atoms with Gasteiger partial charge in [-0.25, -0.2) is 17.5 Å². The van der Waals surface area contributed by atoms with Crippen LogP contribution in [0.5, 0.6) is 0 Å². The first-order chi connectivity index (χ1) is 13.4. The minimum absolute atomic E-state index is 0.0465. The lowest BCUT2D eigenvalue weighted by molar-refractivity contribution is 0.590. The molecule has 0 fully saturated rings. The van der Waals surface area contributed by atoms with Crippen LogP contribution in [0.25, 0.3) is 10.8 Å². The van der Waals surface area contributed by atoms with Crippen LogP contribution in [0.4, 0.5) is 4.39 Å². The van der Waals surface area contributed by atoms with E-state index in [9.17, 15) is 17.6 Å². The van der Waals surface area contributed by atoms with Gasteiger partial charge in [0.1, 0.15) is 5.82 Å². The quantitative estimate of drug-likeness (QED) is 0.526. The lowest BCUT2D eigenvalue weighted by Gasteiger charge is -2.09. The van der Waals surface area contributed by atoms with Crippen LogP contribution in [-0.4, -0.2) is 28.0 Å². The van der Waals surface area contributed by atoms with Crippen LogP contribution in [0.2, 0.25) is 0 Å². The van der Waals surface area contributed by atoms with Gasteiger partial charge in [0.05, 0.1) is 33.6 Å². The lowest BCUT2D eigenvalue weighted by atomic mass is 10.2. The van der Waals surface area contributed by atoms with Crippen LogP contribution in [0.3, 0.4) is 0 Å². The summed E-state index contributed by atoms with van der Waals surface area (Å²) >= 11 is 0. The maximum atomic E-state index is 14.8. The number of aryl methyl sites for hydroxylation is 1. The summed E-state index contributed by atoms with van der Waals surface area (Å²) in [7, 11) is -2.17. The van der Waals surface area contributed by atoms with Crippen LogP contribution in [0, 0.1) is 5.82 Å². The average molecular weight is 398 g/mol. The number of sulfone groups is 1. The maximum Gasteiger partial charge on any atom is 0.277 e. The van der Waals surface area contributed by atoms with Crippen LogP contribution in [0.1, 0.15) is 5.69 Å².